The molecular weight excluding hydrogens is 721 g/mol. The van der Waals surface area contributed by atoms with Crippen molar-refractivity contribution in [3.63, 3.8) is 0 Å². The molecule has 0 aromatic rings. The average Bonchev–Trinajstić information content (AvgIpc) is 3.22. The first-order valence-electron chi connectivity index (χ1n) is 25.0. The molecule has 0 aliphatic heterocycles. The summed E-state index contributed by atoms with van der Waals surface area (Å²) >= 11 is 0. The van der Waals surface area contributed by atoms with Gasteiger partial charge in [-0.2, -0.15) is 0 Å². The Balaban J connectivity index is 4.39. The molecule has 58 heavy (non-hydrogen) atoms. The predicted molar refractivity (Wildman–Crippen MR) is 247 cm³/mol. The fourth-order valence-corrected chi connectivity index (χ4v) is 7.06. The van der Waals surface area contributed by atoms with Gasteiger partial charge in [0, 0.05) is 19.3 Å². The van der Waals surface area contributed by atoms with Crippen LogP contribution in [0.5, 0.6) is 0 Å². The highest BCUT2D eigenvalue weighted by molar-refractivity contribution is 5.71. The zero-order valence-electron chi connectivity index (χ0n) is 38.6. The van der Waals surface area contributed by atoms with Crippen molar-refractivity contribution in [2.45, 2.75) is 264 Å². The number of rotatable bonds is 45. The molecule has 0 aromatic heterocycles. The van der Waals surface area contributed by atoms with Gasteiger partial charge in [-0.3, -0.25) is 14.4 Å². The molecule has 0 saturated heterocycles. The van der Waals surface area contributed by atoms with E-state index in [9.17, 15) is 14.4 Å². The maximum atomic E-state index is 12.7. The van der Waals surface area contributed by atoms with Crippen LogP contribution in [0.25, 0.3) is 0 Å². The first-order chi connectivity index (χ1) is 28.5. The Morgan fingerprint density at radius 1 is 0.345 bits per heavy atom. The van der Waals surface area contributed by atoms with E-state index in [2.05, 4.69) is 57.2 Å². The average molecular weight is 815 g/mol. The standard InChI is InChI=1S/C52H94O6/c1-4-7-10-13-16-19-22-24-25-26-28-30-33-36-39-42-45-51(54)57-48-49(47-56-50(53)44-41-38-35-32-29-21-18-15-12-9-6-3)58-52(55)46-43-40-37-34-31-27-23-20-17-14-11-8-5-2/h15,18,25-26,28,30,49H,4-14,16-17,19-24,27,29,31-48H2,1-3H3/b18-15-,26-25-,30-28-. The van der Waals surface area contributed by atoms with Crippen LogP contribution in [0.15, 0.2) is 36.5 Å². The third-order valence-electron chi connectivity index (χ3n) is 10.9. The lowest BCUT2D eigenvalue weighted by Crippen LogP contribution is -2.30. The summed E-state index contributed by atoms with van der Waals surface area (Å²) in [5, 5.41) is 0. The quantitative estimate of drug-likeness (QED) is 0.0200. The number of esters is 3. The van der Waals surface area contributed by atoms with E-state index in [0.29, 0.717) is 19.3 Å². The van der Waals surface area contributed by atoms with Crippen LogP contribution in [0.2, 0.25) is 0 Å². The maximum absolute atomic E-state index is 12.7. The van der Waals surface area contributed by atoms with Crippen LogP contribution < -0.4 is 0 Å². The van der Waals surface area contributed by atoms with Gasteiger partial charge in [-0.1, -0.05) is 211 Å². The van der Waals surface area contributed by atoms with E-state index in [-0.39, 0.29) is 31.1 Å². The molecule has 0 saturated carbocycles. The van der Waals surface area contributed by atoms with Gasteiger partial charge in [0.2, 0.25) is 0 Å². The van der Waals surface area contributed by atoms with Crippen LogP contribution >= 0.6 is 0 Å². The first-order valence-corrected chi connectivity index (χ1v) is 25.0. The van der Waals surface area contributed by atoms with Crippen LogP contribution in [-0.2, 0) is 28.6 Å². The van der Waals surface area contributed by atoms with E-state index >= 15 is 0 Å². The molecule has 0 rings (SSSR count). The highest BCUT2D eigenvalue weighted by Crippen LogP contribution is 2.15. The lowest BCUT2D eigenvalue weighted by Gasteiger charge is -2.18. The lowest BCUT2D eigenvalue weighted by molar-refractivity contribution is -0.167. The van der Waals surface area contributed by atoms with Crippen molar-refractivity contribution in [3.8, 4) is 0 Å². The second-order valence-corrected chi connectivity index (χ2v) is 16.8. The SMILES string of the molecule is CCCC/C=C\CCCCCCCC(=O)OCC(COC(=O)CCCCC/C=C\C=C/CCCCCCCCC)OC(=O)CCCCCCCCCCCCCCC. The topological polar surface area (TPSA) is 78.9 Å². The molecule has 0 aliphatic carbocycles. The molecular formula is C52H94O6. The highest BCUT2D eigenvalue weighted by Gasteiger charge is 2.19. The van der Waals surface area contributed by atoms with Gasteiger partial charge in [0.15, 0.2) is 6.10 Å². The molecule has 0 bridgehead atoms. The monoisotopic (exact) mass is 815 g/mol. The number of hydrogen-bond donors (Lipinski definition) is 0. The van der Waals surface area contributed by atoms with E-state index in [0.717, 1.165) is 77.0 Å². The molecule has 0 fully saturated rings. The molecule has 338 valence electrons. The second kappa shape index (κ2) is 47.3. The summed E-state index contributed by atoms with van der Waals surface area (Å²) in [5.41, 5.74) is 0. The smallest absolute Gasteiger partial charge is 0.306 e. The van der Waals surface area contributed by atoms with E-state index in [1.165, 1.54) is 141 Å². The molecule has 0 spiro atoms. The van der Waals surface area contributed by atoms with E-state index in [4.69, 9.17) is 14.2 Å². The first kappa shape index (κ1) is 55.6. The summed E-state index contributed by atoms with van der Waals surface area (Å²) in [6.45, 7) is 6.57. The summed E-state index contributed by atoms with van der Waals surface area (Å²) in [4.78, 5) is 37.8. The van der Waals surface area contributed by atoms with Crippen LogP contribution in [0.4, 0.5) is 0 Å². The zero-order chi connectivity index (χ0) is 42.3. The minimum Gasteiger partial charge on any atom is -0.462 e. The summed E-state index contributed by atoms with van der Waals surface area (Å²) in [6, 6.07) is 0. The number of unbranched alkanes of at least 4 members (excludes halogenated alkanes) is 29. The van der Waals surface area contributed by atoms with Crippen molar-refractivity contribution in [1.82, 2.24) is 0 Å². The Kier molecular flexibility index (Phi) is 45.4. The van der Waals surface area contributed by atoms with Gasteiger partial charge in [-0.15, -0.1) is 0 Å². The van der Waals surface area contributed by atoms with Crippen molar-refractivity contribution in [1.29, 1.82) is 0 Å². The largest absolute Gasteiger partial charge is 0.462 e. The van der Waals surface area contributed by atoms with Crippen LogP contribution in [-0.4, -0.2) is 37.2 Å². The fraction of sp³-hybridized carbons (Fsp3) is 0.827. The zero-order valence-corrected chi connectivity index (χ0v) is 38.6. The predicted octanol–water partition coefficient (Wildman–Crippen LogP) is 16.1. The number of ether oxygens (including phenoxy) is 3. The van der Waals surface area contributed by atoms with Gasteiger partial charge in [0.25, 0.3) is 0 Å². The molecule has 1 atom stereocenters. The van der Waals surface area contributed by atoms with Crippen molar-refractivity contribution < 1.29 is 28.6 Å². The molecule has 6 heteroatoms. The number of carbonyl (C=O) groups is 3. The summed E-state index contributed by atoms with van der Waals surface area (Å²) in [6.07, 6.45) is 54.1. The van der Waals surface area contributed by atoms with Crippen molar-refractivity contribution >= 4 is 17.9 Å². The third kappa shape index (κ3) is 44.7. The van der Waals surface area contributed by atoms with Crippen LogP contribution in [0.3, 0.4) is 0 Å². The van der Waals surface area contributed by atoms with Gasteiger partial charge in [0.1, 0.15) is 13.2 Å². The minimum absolute atomic E-state index is 0.0827. The summed E-state index contributed by atoms with van der Waals surface area (Å²) in [5.74, 6) is -0.911. The normalized spacial score (nSPS) is 12.3. The molecule has 0 heterocycles. The Morgan fingerprint density at radius 2 is 0.638 bits per heavy atom. The second-order valence-electron chi connectivity index (χ2n) is 16.8. The molecule has 0 amide bonds. The van der Waals surface area contributed by atoms with Crippen molar-refractivity contribution in [3.05, 3.63) is 36.5 Å². The van der Waals surface area contributed by atoms with Crippen molar-refractivity contribution in [2.75, 3.05) is 13.2 Å². The highest BCUT2D eigenvalue weighted by atomic mass is 16.6. The van der Waals surface area contributed by atoms with Gasteiger partial charge in [-0.05, 0) is 64.2 Å². The van der Waals surface area contributed by atoms with Crippen LogP contribution in [0.1, 0.15) is 258 Å². The Labute approximate surface area is 359 Å². The number of allylic oxidation sites excluding steroid dienone is 6. The van der Waals surface area contributed by atoms with E-state index < -0.39 is 6.10 Å². The minimum atomic E-state index is -0.781. The Morgan fingerprint density at radius 3 is 1.03 bits per heavy atom. The molecule has 0 aliphatic rings. The Hall–Kier alpha value is -2.37. The third-order valence-corrected chi connectivity index (χ3v) is 10.9. The summed E-state index contributed by atoms with van der Waals surface area (Å²) in [7, 11) is 0. The molecule has 0 radical (unpaired) electrons. The number of hydrogen-bond acceptors (Lipinski definition) is 6. The van der Waals surface area contributed by atoms with Gasteiger partial charge >= 0.3 is 17.9 Å². The molecule has 6 nitrogen and oxygen atoms in total. The van der Waals surface area contributed by atoms with Gasteiger partial charge < -0.3 is 14.2 Å². The fourth-order valence-electron chi connectivity index (χ4n) is 7.06. The van der Waals surface area contributed by atoms with Gasteiger partial charge in [0.05, 0.1) is 0 Å². The Bertz CT molecular complexity index is 984. The molecule has 1 unspecified atom stereocenters. The number of carbonyl (C=O) groups excluding carboxylic acids is 3. The molecule has 0 aromatic carbocycles. The van der Waals surface area contributed by atoms with E-state index in [1.807, 2.05) is 0 Å². The van der Waals surface area contributed by atoms with Crippen molar-refractivity contribution in [2.24, 2.45) is 0 Å². The van der Waals surface area contributed by atoms with E-state index in [1.54, 1.807) is 0 Å². The maximum Gasteiger partial charge on any atom is 0.306 e. The molecule has 0 N–H and O–H groups in total. The van der Waals surface area contributed by atoms with Crippen LogP contribution in [0, 0.1) is 0 Å². The summed E-state index contributed by atoms with van der Waals surface area (Å²) < 4.78 is 16.7. The van der Waals surface area contributed by atoms with Gasteiger partial charge in [-0.25, -0.2) is 0 Å². The lowest BCUT2D eigenvalue weighted by atomic mass is 10.0.